The molecule has 0 spiro atoms. The summed E-state index contributed by atoms with van der Waals surface area (Å²) in [5.41, 5.74) is 2.32. The Morgan fingerprint density at radius 1 is 1.29 bits per heavy atom. The lowest BCUT2D eigenvalue weighted by Gasteiger charge is -2.13. The van der Waals surface area contributed by atoms with Crippen molar-refractivity contribution in [3.8, 4) is 0 Å². The van der Waals surface area contributed by atoms with Gasteiger partial charge < -0.3 is 10.4 Å². The van der Waals surface area contributed by atoms with Crippen molar-refractivity contribution in [2.75, 3.05) is 6.54 Å². The molecule has 1 unspecified atom stereocenters. The molecule has 0 aliphatic carbocycles. The second kappa shape index (κ2) is 7.77. The van der Waals surface area contributed by atoms with Crippen molar-refractivity contribution < 1.29 is 14.7 Å². The first-order valence-corrected chi connectivity index (χ1v) is 7.98. The van der Waals surface area contributed by atoms with Crippen LogP contribution in [0.3, 0.4) is 0 Å². The third-order valence-corrected chi connectivity index (χ3v) is 3.79. The highest BCUT2D eigenvalue weighted by atomic mass is 16.4. The summed E-state index contributed by atoms with van der Waals surface area (Å²) < 4.78 is 1.69. The van der Waals surface area contributed by atoms with Gasteiger partial charge in [0.25, 0.3) is 5.91 Å². The van der Waals surface area contributed by atoms with E-state index in [4.69, 9.17) is 0 Å². The largest absolute Gasteiger partial charge is 0.481 e. The number of carboxylic acids is 1. The summed E-state index contributed by atoms with van der Waals surface area (Å²) in [6.07, 6.45) is 2.11. The van der Waals surface area contributed by atoms with Crippen LogP contribution >= 0.6 is 0 Å². The molecule has 0 saturated heterocycles. The molecule has 0 aliphatic rings. The summed E-state index contributed by atoms with van der Waals surface area (Å²) in [7, 11) is 0. The summed E-state index contributed by atoms with van der Waals surface area (Å²) in [6, 6.07) is 9.52. The smallest absolute Gasteiger partial charge is 0.308 e. The highest BCUT2D eigenvalue weighted by Gasteiger charge is 2.20. The first-order chi connectivity index (χ1) is 11.4. The van der Waals surface area contributed by atoms with Crippen LogP contribution in [-0.4, -0.2) is 33.3 Å². The number of aromatic nitrogens is 2. The minimum Gasteiger partial charge on any atom is -0.481 e. The average Bonchev–Trinajstić information content (AvgIpc) is 3.01. The van der Waals surface area contributed by atoms with Gasteiger partial charge in [-0.15, -0.1) is 0 Å². The Morgan fingerprint density at radius 3 is 2.62 bits per heavy atom. The lowest BCUT2D eigenvalue weighted by atomic mass is 9.98. The summed E-state index contributed by atoms with van der Waals surface area (Å²) in [5.74, 6) is -1.96. The minimum absolute atomic E-state index is 0.0661. The molecular formula is C18H23N3O3. The molecule has 6 nitrogen and oxygen atoms in total. The van der Waals surface area contributed by atoms with Crippen LogP contribution in [0.2, 0.25) is 0 Å². The molecule has 6 heteroatoms. The fourth-order valence-electron chi connectivity index (χ4n) is 2.42. The number of benzene rings is 1. The maximum absolute atomic E-state index is 12.1. The van der Waals surface area contributed by atoms with Gasteiger partial charge in [0.2, 0.25) is 0 Å². The molecule has 1 aromatic heterocycles. The molecule has 0 radical (unpaired) electrons. The average molecular weight is 329 g/mol. The van der Waals surface area contributed by atoms with E-state index in [0.717, 1.165) is 11.1 Å². The van der Waals surface area contributed by atoms with E-state index in [2.05, 4.69) is 10.4 Å². The molecule has 0 aliphatic heterocycles. The summed E-state index contributed by atoms with van der Waals surface area (Å²) in [6.45, 7) is 5.97. The Bertz CT molecular complexity index is 722. The number of carboxylic acid groups (broad SMARTS) is 1. The van der Waals surface area contributed by atoms with Gasteiger partial charge in [-0.05, 0) is 38.8 Å². The van der Waals surface area contributed by atoms with Crippen molar-refractivity contribution in [3.63, 3.8) is 0 Å². The minimum atomic E-state index is -0.926. The van der Waals surface area contributed by atoms with E-state index in [-0.39, 0.29) is 18.5 Å². The van der Waals surface area contributed by atoms with Crippen LogP contribution in [0.25, 0.3) is 0 Å². The molecular weight excluding hydrogens is 306 g/mol. The van der Waals surface area contributed by atoms with E-state index in [1.165, 1.54) is 0 Å². The predicted octanol–water partition coefficient (Wildman–Crippen LogP) is 2.45. The van der Waals surface area contributed by atoms with E-state index in [9.17, 15) is 14.7 Å². The zero-order valence-corrected chi connectivity index (χ0v) is 14.2. The van der Waals surface area contributed by atoms with Crippen LogP contribution in [0.5, 0.6) is 0 Å². The molecule has 1 amide bonds. The van der Waals surface area contributed by atoms with Gasteiger partial charge in [0.1, 0.15) is 5.69 Å². The molecule has 2 N–H and O–H groups in total. The fourth-order valence-corrected chi connectivity index (χ4v) is 2.42. The zero-order chi connectivity index (χ0) is 17.7. The van der Waals surface area contributed by atoms with Gasteiger partial charge >= 0.3 is 5.97 Å². The molecule has 0 saturated carbocycles. The molecule has 2 rings (SSSR count). The van der Waals surface area contributed by atoms with Crippen molar-refractivity contribution in [2.45, 2.75) is 33.2 Å². The standard InChI is InChI=1S/C18H23N3O3/c1-12(2)21-8-7-16(20-21)17(22)19-11-15(18(23)24)10-14-6-4-5-13(3)9-14/h4-9,12,15H,10-11H2,1-3H3,(H,19,22)(H,23,24). The van der Waals surface area contributed by atoms with Gasteiger partial charge in [-0.3, -0.25) is 14.3 Å². The molecule has 1 atom stereocenters. The molecule has 1 heterocycles. The second-order valence-electron chi connectivity index (χ2n) is 6.21. The Kier molecular flexibility index (Phi) is 5.73. The number of hydrogen-bond donors (Lipinski definition) is 2. The second-order valence-corrected chi connectivity index (χ2v) is 6.21. The number of hydrogen-bond acceptors (Lipinski definition) is 3. The number of carbonyl (C=O) groups excluding carboxylic acids is 1. The van der Waals surface area contributed by atoms with Crippen LogP contribution in [0.4, 0.5) is 0 Å². The highest BCUT2D eigenvalue weighted by molar-refractivity contribution is 5.92. The molecule has 0 bridgehead atoms. The first-order valence-electron chi connectivity index (χ1n) is 7.98. The first kappa shape index (κ1) is 17.7. The quantitative estimate of drug-likeness (QED) is 0.817. The number of amides is 1. The van der Waals surface area contributed by atoms with Crippen molar-refractivity contribution in [3.05, 3.63) is 53.3 Å². The van der Waals surface area contributed by atoms with Crippen molar-refractivity contribution in [1.82, 2.24) is 15.1 Å². The monoisotopic (exact) mass is 329 g/mol. The Morgan fingerprint density at radius 2 is 2.04 bits per heavy atom. The lowest BCUT2D eigenvalue weighted by molar-refractivity contribution is -0.141. The Labute approximate surface area is 141 Å². The molecule has 128 valence electrons. The third kappa shape index (κ3) is 4.68. The van der Waals surface area contributed by atoms with Crippen molar-refractivity contribution in [1.29, 1.82) is 0 Å². The van der Waals surface area contributed by atoms with Crippen molar-refractivity contribution >= 4 is 11.9 Å². The molecule has 0 fully saturated rings. The predicted molar refractivity (Wildman–Crippen MR) is 91.0 cm³/mol. The normalized spacial score (nSPS) is 12.2. The van der Waals surface area contributed by atoms with Crippen LogP contribution in [0, 0.1) is 12.8 Å². The number of rotatable bonds is 7. The number of aryl methyl sites for hydroxylation is 1. The van der Waals surface area contributed by atoms with Gasteiger partial charge in [0.05, 0.1) is 5.92 Å². The van der Waals surface area contributed by atoms with Gasteiger partial charge in [0, 0.05) is 18.8 Å². The molecule has 2 aromatic rings. The zero-order valence-electron chi connectivity index (χ0n) is 14.2. The SMILES string of the molecule is Cc1cccc(CC(CNC(=O)c2ccn(C(C)C)n2)C(=O)O)c1. The highest BCUT2D eigenvalue weighted by Crippen LogP contribution is 2.11. The van der Waals surface area contributed by atoms with E-state index in [1.807, 2.05) is 45.0 Å². The van der Waals surface area contributed by atoms with E-state index in [1.54, 1.807) is 16.9 Å². The van der Waals surface area contributed by atoms with Gasteiger partial charge in [-0.1, -0.05) is 29.8 Å². The topological polar surface area (TPSA) is 84.2 Å². The summed E-state index contributed by atoms with van der Waals surface area (Å²) >= 11 is 0. The van der Waals surface area contributed by atoms with Crippen LogP contribution < -0.4 is 5.32 Å². The van der Waals surface area contributed by atoms with E-state index < -0.39 is 11.9 Å². The lowest BCUT2D eigenvalue weighted by Crippen LogP contribution is -2.34. The summed E-state index contributed by atoms with van der Waals surface area (Å²) in [4.78, 5) is 23.6. The molecule has 1 aromatic carbocycles. The van der Waals surface area contributed by atoms with Gasteiger partial charge in [0.15, 0.2) is 0 Å². The van der Waals surface area contributed by atoms with E-state index >= 15 is 0 Å². The fraction of sp³-hybridized carbons (Fsp3) is 0.389. The Hall–Kier alpha value is -2.63. The number of carbonyl (C=O) groups is 2. The van der Waals surface area contributed by atoms with Gasteiger partial charge in [-0.2, -0.15) is 5.10 Å². The Balaban J connectivity index is 1.97. The summed E-state index contributed by atoms with van der Waals surface area (Å²) in [5, 5.41) is 16.3. The number of aliphatic carboxylic acids is 1. The van der Waals surface area contributed by atoms with Crippen LogP contribution in [-0.2, 0) is 11.2 Å². The molecule has 24 heavy (non-hydrogen) atoms. The van der Waals surface area contributed by atoms with Crippen molar-refractivity contribution in [2.24, 2.45) is 5.92 Å². The maximum atomic E-state index is 12.1. The van der Waals surface area contributed by atoms with Crippen LogP contribution in [0.15, 0.2) is 36.5 Å². The van der Waals surface area contributed by atoms with Crippen LogP contribution in [0.1, 0.15) is 41.5 Å². The van der Waals surface area contributed by atoms with E-state index in [0.29, 0.717) is 12.1 Å². The van der Waals surface area contributed by atoms with Gasteiger partial charge in [-0.25, -0.2) is 0 Å². The third-order valence-electron chi connectivity index (χ3n) is 3.79. The number of nitrogens with one attached hydrogen (secondary N) is 1. The number of nitrogens with zero attached hydrogens (tertiary/aromatic N) is 2. The maximum Gasteiger partial charge on any atom is 0.308 e.